The number of rotatable bonds is 4. The van der Waals surface area contributed by atoms with E-state index in [0.717, 1.165) is 37.1 Å². The maximum absolute atomic E-state index is 12.2. The van der Waals surface area contributed by atoms with Crippen LogP contribution >= 0.6 is 0 Å². The van der Waals surface area contributed by atoms with E-state index in [1.54, 1.807) is 6.07 Å². The van der Waals surface area contributed by atoms with Crippen LogP contribution < -0.4 is 15.6 Å². The van der Waals surface area contributed by atoms with Crippen molar-refractivity contribution in [1.29, 1.82) is 0 Å². The molecule has 2 heterocycles. The van der Waals surface area contributed by atoms with E-state index in [0.29, 0.717) is 6.01 Å². The number of carbonyl (C=O) groups is 1. The molecule has 3 rings (SSSR count). The Balaban J connectivity index is 1.53. The lowest BCUT2D eigenvalue weighted by Crippen LogP contribution is -2.41. The van der Waals surface area contributed by atoms with Crippen LogP contribution in [0.2, 0.25) is 0 Å². The van der Waals surface area contributed by atoms with Crippen molar-refractivity contribution >= 4 is 5.91 Å². The van der Waals surface area contributed by atoms with Gasteiger partial charge in [-0.1, -0.05) is 0 Å². The average molecular weight is 342 g/mol. The largest absolute Gasteiger partial charge is 0.460 e. The third kappa shape index (κ3) is 4.43. The first-order valence-corrected chi connectivity index (χ1v) is 8.49. The summed E-state index contributed by atoms with van der Waals surface area (Å²) in [7, 11) is 0. The molecule has 0 bridgehead atoms. The highest BCUT2D eigenvalue weighted by Gasteiger charge is 2.25. The summed E-state index contributed by atoms with van der Waals surface area (Å²) in [5, 5.41) is 2.93. The van der Waals surface area contributed by atoms with Gasteiger partial charge in [-0.3, -0.25) is 9.59 Å². The van der Waals surface area contributed by atoms with E-state index >= 15 is 0 Å². The number of carbonyl (C=O) groups excluding carboxylic acids is 1. The molecule has 0 spiro atoms. The van der Waals surface area contributed by atoms with E-state index in [2.05, 4.69) is 20.3 Å². The van der Waals surface area contributed by atoms with Crippen molar-refractivity contribution in [2.45, 2.75) is 51.7 Å². The van der Waals surface area contributed by atoms with Crippen molar-refractivity contribution in [2.24, 2.45) is 0 Å². The van der Waals surface area contributed by atoms with Gasteiger partial charge < -0.3 is 15.0 Å². The number of hydrogen-bond acceptors (Lipinski definition) is 5. The van der Waals surface area contributed by atoms with Crippen molar-refractivity contribution in [3.63, 3.8) is 0 Å². The normalized spacial score (nSPS) is 20.1. The summed E-state index contributed by atoms with van der Waals surface area (Å²) in [5.74, 6) is -0.330. The molecule has 2 aromatic heterocycles. The van der Waals surface area contributed by atoms with Crippen molar-refractivity contribution in [3.05, 3.63) is 51.7 Å². The minimum absolute atomic E-state index is 0.0483. The number of amides is 1. The molecule has 7 nitrogen and oxygen atoms in total. The van der Waals surface area contributed by atoms with E-state index in [4.69, 9.17) is 4.74 Å². The Morgan fingerprint density at radius 1 is 1.20 bits per heavy atom. The Hall–Kier alpha value is -2.70. The summed E-state index contributed by atoms with van der Waals surface area (Å²) in [6.07, 6.45) is 4.78. The fourth-order valence-electron chi connectivity index (χ4n) is 3.08. The van der Waals surface area contributed by atoms with Gasteiger partial charge in [-0.25, -0.2) is 9.97 Å². The Bertz CT molecular complexity index is 790. The number of aryl methyl sites for hydroxylation is 2. The van der Waals surface area contributed by atoms with Crippen LogP contribution in [0.1, 0.15) is 47.4 Å². The summed E-state index contributed by atoms with van der Waals surface area (Å²) < 4.78 is 5.88. The van der Waals surface area contributed by atoms with Gasteiger partial charge in [0.15, 0.2) is 0 Å². The zero-order valence-electron chi connectivity index (χ0n) is 14.4. The molecule has 1 saturated carbocycles. The van der Waals surface area contributed by atoms with Gasteiger partial charge in [-0.05, 0) is 57.7 Å². The van der Waals surface area contributed by atoms with E-state index in [9.17, 15) is 9.59 Å². The molecule has 1 aliphatic rings. The van der Waals surface area contributed by atoms with Gasteiger partial charge in [0.1, 0.15) is 11.7 Å². The molecule has 2 aromatic rings. The van der Waals surface area contributed by atoms with Gasteiger partial charge in [0.2, 0.25) is 0 Å². The number of aromatic nitrogens is 3. The average Bonchev–Trinajstić information content (AvgIpc) is 2.56. The molecule has 0 unspecified atom stereocenters. The second-order valence-corrected chi connectivity index (χ2v) is 6.41. The van der Waals surface area contributed by atoms with Gasteiger partial charge >= 0.3 is 6.01 Å². The van der Waals surface area contributed by atoms with E-state index in [1.807, 2.05) is 19.9 Å². The van der Waals surface area contributed by atoms with Crippen molar-refractivity contribution in [3.8, 4) is 6.01 Å². The topological polar surface area (TPSA) is 97.0 Å². The maximum atomic E-state index is 12.2. The smallest absolute Gasteiger partial charge is 0.317 e. The monoisotopic (exact) mass is 342 g/mol. The second kappa shape index (κ2) is 7.46. The van der Waals surface area contributed by atoms with Crippen LogP contribution in [0.3, 0.4) is 0 Å². The van der Waals surface area contributed by atoms with Crippen LogP contribution in [0.15, 0.2) is 29.2 Å². The molecule has 0 radical (unpaired) electrons. The minimum atomic E-state index is -0.371. The quantitative estimate of drug-likeness (QED) is 0.884. The molecule has 0 aromatic carbocycles. The number of aromatic amines is 1. The number of H-pyrrole nitrogens is 1. The van der Waals surface area contributed by atoms with Crippen molar-refractivity contribution in [1.82, 2.24) is 20.3 Å². The van der Waals surface area contributed by atoms with Crippen LogP contribution in [0.4, 0.5) is 0 Å². The summed E-state index contributed by atoms with van der Waals surface area (Å²) in [6.45, 7) is 3.83. The molecule has 2 N–H and O–H groups in total. The first-order chi connectivity index (χ1) is 12.0. The fraction of sp³-hybridized carbons (Fsp3) is 0.444. The molecule has 1 amide bonds. The van der Waals surface area contributed by atoms with Gasteiger partial charge in [0.25, 0.3) is 11.5 Å². The SMILES string of the molecule is Cc1cc(C)nc(OC2CCC(NC(=O)c3ccc[nH]c3=O)CC2)n1. The van der Waals surface area contributed by atoms with E-state index in [-0.39, 0.29) is 29.2 Å². The molecular weight excluding hydrogens is 320 g/mol. The molecule has 0 atom stereocenters. The molecule has 7 heteroatoms. The van der Waals surface area contributed by atoms with Gasteiger partial charge in [0, 0.05) is 23.6 Å². The van der Waals surface area contributed by atoms with Crippen molar-refractivity contribution < 1.29 is 9.53 Å². The van der Waals surface area contributed by atoms with Crippen LogP contribution in [-0.2, 0) is 0 Å². The Morgan fingerprint density at radius 2 is 1.88 bits per heavy atom. The Kier molecular flexibility index (Phi) is 5.11. The van der Waals surface area contributed by atoms with Gasteiger partial charge in [0.05, 0.1) is 0 Å². The van der Waals surface area contributed by atoms with Crippen molar-refractivity contribution in [2.75, 3.05) is 0 Å². The third-order valence-electron chi connectivity index (χ3n) is 4.31. The first-order valence-electron chi connectivity index (χ1n) is 8.49. The summed E-state index contributed by atoms with van der Waals surface area (Å²) in [4.78, 5) is 35.0. The Morgan fingerprint density at radius 3 is 2.52 bits per heavy atom. The highest BCUT2D eigenvalue weighted by atomic mass is 16.5. The fourth-order valence-corrected chi connectivity index (χ4v) is 3.08. The van der Waals surface area contributed by atoms with Crippen LogP contribution in [-0.4, -0.2) is 33.0 Å². The highest BCUT2D eigenvalue weighted by Crippen LogP contribution is 2.22. The van der Waals surface area contributed by atoms with E-state index < -0.39 is 0 Å². The molecular formula is C18H22N4O3. The maximum Gasteiger partial charge on any atom is 0.317 e. The molecule has 0 aliphatic heterocycles. The standard InChI is InChI=1S/C18H22N4O3/c1-11-10-12(2)21-18(20-11)25-14-7-5-13(6-8-14)22-17(24)15-4-3-9-19-16(15)23/h3-4,9-10,13-14H,5-8H2,1-2H3,(H,19,23)(H,22,24). The first kappa shape index (κ1) is 17.1. The van der Waals surface area contributed by atoms with Gasteiger partial charge in [-0.15, -0.1) is 0 Å². The number of nitrogens with zero attached hydrogens (tertiary/aromatic N) is 2. The predicted octanol–water partition coefficient (Wildman–Crippen LogP) is 1.90. The summed E-state index contributed by atoms with van der Waals surface area (Å²) in [5.41, 5.74) is 1.54. The number of pyridine rings is 1. The second-order valence-electron chi connectivity index (χ2n) is 6.41. The van der Waals surface area contributed by atoms with E-state index in [1.165, 1.54) is 12.3 Å². The lowest BCUT2D eigenvalue weighted by Gasteiger charge is -2.28. The lowest BCUT2D eigenvalue weighted by molar-refractivity contribution is 0.0883. The zero-order chi connectivity index (χ0) is 17.8. The van der Waals surface area contributed by atoms with Crippen LogP contribution in [0, 0.1) is 13.8 Å². The molecule has 1 aliphatic carbocycles. The molecule has 0 saturated heterocycles. The third-order valence-corrected chi connectivity index (χ3v) is 4.31. The summed E-state index contributed by atoms with van der Waals surface area (Å²) in [6, 6.07) is 5.54. The molecule has 132 valence electrons. The van der Waals surface area contributed by atoms with Crippen LogP contribution in [0.5, 0.6) is 6.01 Å². The Labute approximate surface area is 145 Å². The zero-order valence-corrected chi connectivity index (χ0v) is 14.4. The number of hydrogen-bond donors (Lipinski definition) is 2. The summed E-state index contributed by atoms with van der Waals surface area (Å²) >= 11 is 0. The lowest BCUT2D eigenvalue weighted by atomic mass is 9.93. The highest BCUT2D eigenvalue weighted by molar-refractivity contribution is 5.93. The molecule has 25 heavy (non-hydrogen) atoms. The number of nitrogens with one attached hydrogen (secondary N) is 2. The predicted molar refractivity (Wildman–Crippen MR) is 92.7 cm³/mol. The molecule has 1 fully saturated rings. The van der Waals surface area contributed by atoms with Crippen LogP contribution in [0.25, 0.3) is 0 Å². The minimum Gasteiger partial charge on any atom is -0.460 e. The van der Waals surface area contributed by atoms with Gasteiger partial charge in [-0.2, -0.15) is 0 Å². The number of ether oxygens (including phenoxy) is 1.